The van der Waals surface area contributed by atoms with Gasteiger partial charge in [-0.2, -0.15) is 0 Å². The number of nitrogen functional groups attached to an aromatic ring is 1. The summed E-state index contributed by atoms with van der Waals surface area (Å²) in [4.78, 5) is 4.18. The van der Waals surface area contributed by atoms with Gasteiger partial charge in [0.05, 0.1) is 5.56 Å². The Balaban J connectivity index is 2.46. The molecule has 0 aliphatic carbocycles. The van der Waals surface area contributed by atoms with Crippen LogP contribution in [0.1, 0.15) is 13.3 Å². The van der Waals surface area contributed by atoms with Crippen molar-refractivity contribution in [3.05, 3.63) is 36.4 Å². The summed E-state index contributed by atoms with van der Waals surface area (Å²) >= 11 is 0. The summed E-state index contributed by atoms with van der Waals surface area (Å²) in [5.74, 6) is 0.322. The molecule has 2 rings (SSSR count). The van der Waals surface area contributed by atoms with E-state index in [0.717, 1.165) is 13.0 Å². The molecule has 0 saturated carbocycles. The molecule has 0 aliphatic heterocycles. The lowest BCUT2D eigenvalue weighted by molar-refractivity contribution is 0.624. The average molecular weight is 219 g/mol. The maximum absolute atomic E-state index is 13.7. The molecule has 4 heteroatoms. The topological polar surface area (TPSA) is 43.8 Å². The molecule has 2 N–H and O–H groups in total. The molecular weight excluding hydrogens is 205 g/mol. The predicted molar refractivity (Wildman–Crippen MR) is 62.3 cm³/mol. The molecule has 1 aromatic heterocycles. The van der Waals surface area contributed by atoms with Crippen LogP contribution in [-0.4, -0.2) is 9.55 Å². The fourth-order valence-corrected chi connectivity index (χ4v) is 1.69. The van der Waals surface area contributed by atoms with Crippen molar-refractivity contribution < 1.29 is 4.39 Å². The molecular formula is C12H14FN3. The van der Waals surface area contributed by atoms with Crippen molar-refractivity contribution in [2.45, 2.75) is 19.9 Å². The zero-order valence-corrected chi connectivity index (χ0v) is 9.15. The molecule has 0 radical (unpaired) electrons. The van der Waals surface area contributed by atoms with Crippen LogP contribution < -0.4 is 5.73 Å². The van der Waals surface area contributed by atoms with Crippen molar-refractivity contribution in [3.8, 4) is 11.4 Å². The molecule has 84 valence electrons. The van der Waals surface area contributed by atoms with E-state index in [9.17, 15) is 4.39 Å². The molecule has 2 aromatic rings. The highest BCUT2D eigenvalue weighted by Gasteiger charge is 2.10. The van der Waals surface area contributed by atoms with Gasteiger partial charge >= 0.3 is 0 Å². The van der Waals surface area contributed by atoms with E-state index >= 15 is 0 Å². The van der Waals surface area contributed by atoms with Crippen molar-refractivity contribution in [2.75, 3.05) is 5.73 Å². The van der Waals surface area contributed by atoms with E-state index in [1.54, 1.807) is 18.3 Å². The minimum atomic E-state index is -0.330. The number of anilines is 1. The minimum absolute atomic E-state index is 0.330. The first-order chi connectivity index (χ1) is 7.72. The lowest BCUT2D eigenvalue weighted by atomic mass is 10.2. The molecule has 0 aliphatic rings. The Kier molecular flexibility index (Phi) is 2.90. The third-order valence-corrected chi connectivity index (χ3v) is 2.41. The van der Waals surface area contributed by atoms with Crippen LogP contribution in [0.3, 0.4) is 0 Å². The number of nitrogens with zero attached hydrogens (tertiary/aromatic N) is 2. The van der Waals surface area contributed by atoms with Gasteiger partial charge in [-0.05, 0) is 24.6 Å². The second-order valence-corrected chi connectivity index (χ2v) is 3.68. The van der Waals surface area contributed by atoms with Gasteiger partial charge in [0.1, 0.15) is 11.6 Å². The average Bonchev–Trinajstić information content (AvgIpc) is 2.67. The van der Waals surface area contributed by atoms with Gasteiger partial charge in [-0.3, -0.25) is 0 Å². The monoisotopic (exact) mass is 219 g/mol. The van der Waals surface area contributed by atoms with E-state index in [2.05, 4.69) is 11.9 Å². The number of benzene rings is 1. The number of hydrogen-bond donors (Lipinski definition) is 1. The first-order valence-corrected chi connectivity index (χ1v) is 5.29. The SMILES string of the molecule is CCCn1ccnc1-c1ccc(N)cc1F. The molecule has 3 nitrogen and oxygen atoms in total. The standard InChI is InChI=1S/C12H14FN3/c1-2-6-16-7-5-15-12(16)10-4-3-9(14)8-11(10)13/h3-5,7-8H,2,6,14H2,1H3. The van der Waals surface area contributed by atoms with Crippen molar-refractivity contribution in [2.24, 2.45) is 0 Å². The van der Waals surface area contributed by atoms with Gasteiger partial charge in [-0.1, -0.05) is 6.92 Å². The largest absolute Gasteiger partial charge is 0.399 e. The molecule has 1 heterocycles. The van der Waals surface area contributed by atoms with Gasteiger partial charge in [-0.25, -0.2) is 9.37 Å². The van der Waals surface area contributed by atoms with E-state index in [4.69, 9.17) is 5.73 Å². The number of hydrogen-bond acceptors (Lipinski definition) is 2. The summed E-state index contributed by atoms with van der Waals surface area (Å²) in [6, 6.07) is 4.67. The summed E-state index contributed by atoms with van der Waals surface area (Å²) < 4.78 is 15.6. The molecule has 0 bridgehead atoms. The first kappa shape index (κ1) is 10.7. The molecule has 0 spiro atoms. The van der Waals surface area contributed by atoms with Crippen molar-refractivity contribution in [3.63, 3.8) is 0 Å². The highest BCUT2D eigenvalue weighted by molar-refractivity contribution is 5.60. The Morgan fingerprint density at radius 2 is 2.25 bits per heavy atom. The lowest BCUT2D eigenvalue weighted by Crippen LogP contribution is -2.00. The fourth-order valence-electron chi connectivity index (χ4n) is 1.69. The van der Waals surface area contributed by atoms with Crippen LogP contribution in [0.2, 0.25) is 0 Å². The second-order valence-electron chi connectivity index (χ2n) is 3.68. The van der Waals surface area contributed by atoms with Crippen LogP contribution in [0, 0.1) is 5.82 Å². The maximum Gasteiger partial charge on any atom is 0.142 e. The molecule has 0 saturated heterocycles. The Bertz CT molecular complexity index is 491. The Morgan fingerprint density at radius 1 is 1.44 bits per heavy atom. The number of halogens is 1. The summed E-state index contributed by atoms with van der Waals surface area (Å²) in [6.07, 6.45) is 4.52. The van der Waals surface area contributed by atoms with Gasteiger partial charge in [-0.15, -0.1) is 0 Å². The van der Waals surface area contributed by atoms with E-state index in [1.165, 1.54) is 6.07 Å². The molecule has 0 unspecified atom stereocenters. The molecule has 1 aromatic carbocycles. The van der Waals surface area contributed by atoms with Crippen molar-refractivity contribution >= 4 is 5.69 Å². The molecule has 16 heavy (non-hydrogen) atoms. The highest BCUT2D eigenvalue weighted by atomic mass is 19.1. The van der Waals surface area contributed by atoms with Gasteiger partial charge in [0.2, 0.25) is 0 Å². The van der Waals surface area contributed by atoms with Crippen LogP contribution in [0.5, 0.6) is 0 Å². The summed E-state index contributed by atoms with van der Waals surface area (Å²) in [6.45, 7) is 2.91. The first-order valence-electron chi connectivity index (χ1n) is 5.29. The number of imidazole rings is 1. The summed E-state index contributed by atoms with van der Waals surface area (Å²) in [7, 11) is 0. The van der Waals surface area contributed by atoms with Crippen molar-refractivity contribution in [1.82, 2.24) is 9.55 Å². The van der Waals surface area contributed by atoms with Crippen LogP contribution in [0.4, 0.5) is 10.1 Å². The lowest BCUT2D eigenvalue weighted by Gasteiger charge is -2.07. The molecule has 0 amide bonds. The van der Waals surface area contributed by atoms with Crippen LogP contribution in [-0.2, 0) is 6.54 Å². The van der Waals surface area contributed by atoms with Gasteiger partial charge in [0.25, 0.3) is 0 Å². The van der Waals surface area contributed by atoms with Crippen LogP contribution in [0.15, 0.2) is 30.6 Å². The van der Waals surface area contributed by atoms with Crippen LogP contribution >= 0.6 is 0 Å². The van der Waals surface area contributed by atoms with E-state index in [-0.39, 0.29) is 5.82 Å². The number of nitrogens with two attached hydrogens (primary N) is 1. The summed E-state index contributed by atoms with van der Waals surface area (Å²) in [5, 5.41) is 0. The zero-order chi connectivity index (χ0) is 11.5. The molecule has 0 fully saturated rings. The van der Waals surface area contributed by atoms with E-state index < -0.39 is 0 Å². The van der Waals surface area contributed by atoms with Gasteiger partial charge in [0, 0.05) is 24.6 Å². The third kappa shape index (κ3) is 1.91. The van der Waals surface area contributed by atoms with Crippen LogP contribution in [0.25, 0.3) is 11.4 Å². The Hall–Kier alpha value is -1.84. The van der Waals surface area contributed by atoms with E-state index in [1.807, 2.05) is 10.8 Å². The highest BCUT2D eigenvalue weighted by Crippen LogP contribution is 2.23. The van der Waals surface area contributed by atoms with Gasteiger partial charge in [0.15, 0.2) is 0 Å². The fraction of sp³-hybridized carbons (Fsp3) is 0.250. The van der Waals surface area contributed by atoms with Crippen molar-refractivity contribution in [1.29, 1.82) is 0 Å². The van der Waals surface area contributed by atoms with Gasteiger partial charge < -0.3 is 10.3 Å². The number of aryl methyl sites for hydroxylation is 1. The zero-order valence-electron chi connectivity index (χ0n) is 9.15. The normalized spacial score (nSPS) is 10.6. The quantitative estimate of drug-likeness (QED) is 0.806. The summed E-state index contributed by atoms with van der Waals surface area (Å²) in [5.41, 5.74) is 6.43. The second kappa shape index (κ2) is 4.35. The smallest absolute Gasteiger partial charge is 0.142 e. The molecule has 0 atom stereocenters. The van der Waals surface area contributed by atoms with E-state index in [0.29, 0.717) is 17.1 Å². The minimum Gasteiger partial charge on any atom is -0.399 e. The Labute approximate surface area is 93.7 Å². The number of rotatable bonds is 3. The number of aromatic nitrogens is 2. The Morgan fingerprint density at radius 3 is 2.94 bits per heavy atom. The predicted octanol–water partition coefficient (Wildman–Crippen LogP) is 2.68. The maximum atomic E-state index is 13.7. The third-order valence-electron chi connectivity index (χ3n) is 2.41.